The van der Waals surface area contributed by atoms with Gasteiger partial charge in [0.25, 0.3) is 0 Å². The van der Waals surface area contributed by atoms with Gasteiger partial charge in [-0.05, 0) is 67.1 Å². The quantitative estimate of drug-likeness (QED) is 0.701. The number of halogens is 1. The minimum atomic E-state index is -0.200. The van der Waals surface area contributed by atoms with Crippen molar-refractivity contribution < 1.29 is 4.79 Å². The third-order valence-electron chi connectivity index (χ3n) is 4.10. The molecule has 0 radical (unpaired) electrons. The standard InChI is InChI=1S/C20H25ClN2O/c1-4-5-6-16-7-10-19(15(3)11-16)23-20(24)22-13-17-8-9-18(21)12-14(17)2/h7-12H,4-6,13H2,1-3H3,(H2,22,23,24). The van der Waals surface area contributed by atoms with Crippen LogP contribution in [0.15, 0.2) is 36.4 Å². The van der Waals surface area contributed by atoms with Crippen molar-refractivity contribution in [3.05, 3.63) is 63.7 Å². The molecule has 0 heterocycles. The summed E-state index contributed by atoms with van der Waals surface area (Å²) >= 11 is 5.95. The van der Waals surface area contributed by atoms with Crippen LogP contribution in [-0.4, -0.2) is 6.03 Å². The molecule has 2 rings (SSSR count). The molecule has 24 heavy (non-hydrogen) atoms. The lowest BCUT2D eigenvalue weighted by atomic mass is 10.0. The Morgan fingerprint density at radius 1 is 1.08 bits per heavy atom. The summed E-state index contributed by atoms with van der Waals surface area (Å²) in [6, 6.07) is 11.7. The van der Waals surface area contributed by atoms with Gasteiger partial charge in [0.2, 0.25) is 0 Å². The van der Waals surface area contributed by atoms with Crippen LogP contribution in [0.5, 0.6) is 0 Å². The number of anilines is 1. The number of urea groups is 1. The van der Waals surface area contributed by atoms with Gasteiger partial charge in [-0.2, -0.15) is 0 Å². The van der Waals surface area contributed by atoms with Crippen LogP contribution >= 0.6 is 11.6 Å². The van der Waals surface area contributed by atoms with E-state index in [1.165, 1.54) is 18.4 Å². The number of carbonyl (C=O) groups excluding carboxylic acids is 1. The van der Waals surface area contributed by atoms with Crippen molar-refractivity contribution in [3.63, 3.8) is 0 Å². The number of unbranched alkanes of at least 4 members (excludes halogenated alkanes) is 1. The number of amides is 2. The lowest BCUT2D eigenvalue weighted by molar-refractivity contribution is 0.251. The molecule has 2 amide bonds. The van der Waals surface area contributed by atoms with Crippen LogP contribution in [0.3, 0.4) is 0 Å². The Balaban J connectivity index is 1.92. The van der Waals surface area contributed by atoms with E-state index in [0.29, 0.717) is 11.6 Å². The third-order valence-corrected chi connectivity index (χ3v) is 4.34. The minimum absolute atomic E-state index is 0.200. The molecule has 0 aliphatic heterocycles. The monoisotopic (exact) mass is 344 g/mol. The van der Waals surface area contributed by atoms with Crippen molar-refractivity contribution in [2.45, 2.75) is 46.6 Å². The van der Waals surface area contributed by atoms with E-state index in [1.54, 1.807) is 0 Å². The lowest BCUT2D eigenvalue weighted by Gasteiger charge is -2.12. The van der Waals surface area contributed by atoms with Crippen LogP contribution in [0.25, 0.3) is 0 Å². The molecule has 0 aromatic heterocycles. The molecule has 0 aliphatic rings. The van der Waals surface area contributed by atoms with Crippen LogP contribution in [0.1, 0.15) is 42.0 Å². The molecule has 2 aromatic carbocycles. The second-order valence-electron chi connectivity index (χ2n) is 6.13. The van der Waals surface area contributed by atoms with Gasteiger partial charge >= 0.3 is 6.03 Å². The van der Waals surface area contributed by atoms with Crippen molar-refractivity contribution in [2.24, 2.45) is 0 Å². The normalized spacial score (nSPS) is 10.5. The average molecular weight is 345 g/mol. The van der Waals surface area contributed by atoms with E-state index >= 15 is 0 Å². The Morgan fingerprint density at radius 3 is 2.54 bits per heavy atom. The summed E-state index contributed by atoms with van der Waals surface area (Å²) in [6.45, 7) is 6.67. The SMILES string of the molecule is CCCCc1ccc(NC(=O)NCc2ccc(Cl)cc2C)c(C)c1. The number of rotatable bonds is 6. The lowest BCUT2D eigenvalue weighted by Crippen LogP contribution is -2.28. The Bertz CT molecular complexity index is 713. The molecule has 0 fully saturated rings. The summed E-state index contributed by atoms with van der Waals surface area (Å²) in [4.78, 5) is 12.1. The molecule has 2 N–H and O–H groups in total. The van der Waals surface area contributed by atoms with Gasteiger partial charge in [-0.1, -0.05) is 43.1 Å². The van der Waals surface area contributed by atoms with E-state index in [0.717, 1.165) is 28.8 Å². The molecule has 0 saturated carbocycles. The van der Waals surface area contributed by atoms with E-state index < -0.39 is 0 Å². The van der Waals surface area contributed by atoms with Gasteiger partial charge < -0.3 is 10.6 Å². The average Bonchev–Trinajstić information content (AvgIpc) is 2.54. The highest BCUT2D eigenvalue weighted by Gasteiger charge is 2.06. The second kappa shape index (κ2) is 8.74. The first-order valence-corrected chi connectivity index (χ1v) is 8.76. The zero-order valence-corrected chi connectivity index (χ0v) is 15.3. The fraction of sp³-hybridized carbons (Fsp3) is 0.350. The summed E-state index contributed by atoms with van der Waals surface area (Å²) < 4.78 is 0. The first kappa shape index (κ1) is 18.3. The van der Waals surface area contributed by atoms with Crippen LogP contribution in [0, 0.1) is 13.8 Å². The van der Waals surface area contributed by atoms with Crippen molar-refractivity contribution in [2.75, 3.05) is 5.32 Å². The summed E-state index contributed by atoms with van der Waals surface area (Å²) in [5.74, 6) is 0. The van der Waals surface area contributed by atoms with Crippen LogP contribution in [0.4, 0.5) is 10.5 Å². The molecule has 0 unspecified atom stereocenters. The number of hydrogen-bond acceptors (Lipinski definition) is 1. The smallest absolute Gasteiger partial charge is 0.319 e. The number of aryl methyl sites for hydroxylation is 3. The molecule has 0 atom stereocenters. The molecule has 0 bridgehead atoms. The fourth-order valence-electron chi connectivity index (χ4n) is 2.60. The predicted octanol–water partition coefficient (Wildman–Crippen LogP) is 5.62. The van der Waals surface area contributed by atoms with Gasteiger partial charge in [0.05, 0.1) is 0 Å². The zero-order valence-electron chi connectivity index (χ0n) is 14.6. The predicted molar refractivity (Wildman–Crippen MR) is 102 cm³/mol. The largest absolute Gasteiger partial charge is 0.334 e. The van der Waals surface area contributed by atoms with E-state index in [2.05, 4.69) is 29.7 Å². The van der Waals surface area contributed by atoms with Crippen LogP contribution in [-0.2, 0) is 13.0 Å². The highest BCUT2D eigenvalue weighted by atomic mass is 35.5. The van der Waals surface area contributed by atoms with Crippen molar-refractivity contribution in [3.8, 4) is 0 Å². The van der Waals surface area contributed by atoms with E-state index in [-0.39, 0.29) is 6.03 Å². The van der Waals surface area contributed by atoms with E-state index in [1.807, 2.05) is 38.1 Å². The van der Waals surface area contributed by atoms with Crippen LogP contribution < -0.4 is 10.6 Å². The molecule has 2 aromatic rings. The summed E-state index contributed by atoms with van der Waals surface area (Å²) in [5.41, 5.74) is 5.37. The number of carbonyl (C=O) groups is 1. The van der Waals surface area contributed by atoms with Gasteiger partial charge in [0, 0.05) is 17.3 Å². The first-order chi connectivity index (χ1) is 11.5. The molecule has 3 nitrogen and oxygen atoms in total. The van der Waals surface area contributed by atoms with Crippen LogP contribution in [0.2, 0.25) is 5.02 Å². The van der Waals surface area contributed by atoms with E-state index in [9.17, 15) is 4.79 Å². The molecule has 128 valence electrons. The number of nitrogens with one attached hydrogen (secondary N) is 2. The van der Waals surface area contributed by atoms with Gasteiger partial charge in [-0.25, -0.2) is 4.79 Å². The van der Waals surface area contributed by atoms with Crippen molar-refractivity contribution in [1.82, 2.24) is 5.32 Å². The van der Waals surface area contributed by atoms with Gasteiger partial charge in [0.15, 0.2) is 0 Å². The number of benzene rings is 2. The van der Waals surface area contributed by atoms with Gasteiger partial charge in [-0.3, -0.25) is 0 Å². The van der Waals surface area contributed by atoms with E-state index in [4.69, 9.17) is 11.6 Å². The Morgan fingerprint density at radius 2 is 1.88 bits per heavy atom. The molecular weight excluding hydrogens is 320 g/mol. The fourth-order valence-corrected chi connectivity index (χ4v) is 2.83. The summed E-state index contributed by atoms with van der Waals surface area (Å²) in [7, 11) is 0. The summed E-state index contributed by atoms with van der Waals surface area (Å²) in [6.07, 6.45) is 3.46. The second-order valence-corrected chi connectivity index (χ2v) is 6.57. The molecule has 4 heteroatoms. The minimum Gasteiger partial charge on any atom is -0.334 e. The molecule has 0 aliphatic carbocycles. The van der Waals surface area contributed by atoms with Gasteiger partial charge in [0.1, 0.15) is 0 Å². The van der Waals surface area contributed by atoms with Gasteiger partial charge in [-0.15, -0.1) is 0 Å². The maximum atomic E-state index is 12.1. The topological polar surface area (TPSA) is 41.1 Å². The Hall–Kier alpha value is -2.00. The highest BCUT2D eigenvalue weighted by Crippen LogP contribution is 2.18. The maximum Gasteiger partial charge on any atom is 0.319 e. The highest BCUT2D eigenvalue weighted by molar-refractivity contribution is 6.30. The number of hydrogen-bond donors (Lipinski definition) is 2. The first-order valence-electron chi connectivity index (χ1n) is 8.39. The van der Waals surface area contributed by atoms with Crippen molar-refractivity contribution in [1.29, 1.82) is 0 Å². The third kappa shape index (κ3) is 5.27. The Labute approximate surface area is 149 Å². The molecule has 0 saturated heterocycles. The summed E-state index contributed by atoms with van der Waals surface area (Å²) in [5, 5.41) is 6.52. The molecule has 0 spiro atoms. The zero-order chi connectivity index (χ0) is 17.5. The maximum absolute atomic E-state index is 12.1. The van der Waals surface area contributed by atoms with Crippen molar-refractivity contribution >= 4 is 23.3 Å². The molecular formula is C20H25ClN2O. The Kier molecular flexibility index (Phi) is 6.68.